The first-order chi connectivity index (χ1) is 10.7. The van der Waals surface area contributed by atoms with Gasteiger partial charge in [0.2, 0.25) is 5.91 Å². The third kappa shape index (κ3) is 8.59. The molecule has 0 aliphatic rings. The molecule has 1 aromatic carbocycles. The van der Waals surface area contributed by atoms with Crippen molar-refractivity contribution in [2.45, 2.75) is 26.3 Å². The molecule has 0 saturated heterocycles. The molecular formula is C13H17F3NO5P. The summed E-state index contributed by atoms with van der Waals surface area (Å²) in [5.41, 5.74) is 0.383. The molecule has 6 nitrogen and oxygen atoms in total. The van der Waals surface area contributed by atoms with Crippen LogP contribution in [0.25, 0.3) is 0 Å². The van der Waals surface area contributed by atoms with Gasteiger partial charge >= 0.3 is 6.36 Å². The summed E-state index contributed by atoms with van der Waals surface area (Å²) in [5.74, 6) is -0.794. The lowest BCUT2D eigenvalue weighted by Gasteiger charge is -2.20. The Kier molecular flexibility index (Phi) is 7.54. The first-order valence-corrected chi connectivity index (χ1v) is 8.21. The smallest absolute Gasteiger partial charge is 0.406 e. The summed E-state index contributed by atoms with van der Waals surface area (Å²) >= 11 is 0. The van der Waals surface area contributed by atoms with E-state index in [0.717, 1.165) is 17.2 Å². The molecule has 0 aliphatic carbocycles. The summed E-state index contributed by atoms with van der Waals surface area (Å²) in [5, 5.41) is 1.00. The van der Waals surface area contributed by atoms with Crippen LogP contribution < -0.4 is 4.74 Å². The number of rotatable bonds is 8. The molecular weight excluding hydrogens is 338 g/mol. The minimum Gasteiger partial charge on any atom is -0.406 e. The van der Waals surface area contributed by atoms with E-state index in [0.29, 0.717) is 5.56 Å². The van der Waals surface area contributed by atoms with Crippen molar-refractivity contribution in [3.05, 3.63) is 29.8 Å². The van der Waals surface area contributed by atoms with Crippen LogP contribution in [0.4, 0.5) is 13.2 Å². The topological polar surface area (TPSA) is 76.1 Å². The van der Waals surface area contributed by atoms with Gasteiger partial charge in [-0.1, -0.05) is 12.1 Å². The SMILES string of the molecule is CC(=O)N(CCC[PH](=O)O)OCc1cccc(OC(F)(F)F)c1. The molecule has 10 heteroatoms. The second-order valence-corrected chi connectivity index (χ2v) is 5.87. The number of halogens is 3. The third-order valence-corrected chi connectivity index (χ3v) is 3.40. The monoisotopic (exact) mass is 355 g/mol. The number of nitrogens with zero attached hydrogens (tertiary/aromatic N) is 1. The minimum atomic E-state index is -4.78. The summed E-state index contributed by atoms with van der Waals surface area (Å²) in [4.78, 5) is 25.4. The van der Waals surface area contributed by atoms with Gasteiger partial charge in [0, 0.05) is 19.6 Å². The Hall–Kier alpha value is -1.57. The second-order valence-electron chi connectivity index (χ2n) is 4.59. The zero-order chi connectivity index (χ0) is 17.5. The Bertz CT molecular complexity index is 553. The van der Waals surface area contributed by atoms with Gasteiger partial charge in [-0.2, -0.15) is 0 Å². The van der Waals surface area contributed by atoms with Crippen LogP contribution in [0.15, 0.2) is 24.3 Å². The number of hydrogen-bond donors (Lipinski definition) is 1. The summed E-state index contributed by atoms with van der Waals surface area (Å²) in [6, 6.07) is 5.20. The fourth-order valence-electron chi connectivity index (χ4n) is 1.67. The number of carbonyl (C=O) groups is 1. The highest BCUT2D eigenvalue weighted by Crippen LogP contribution is 2.23. The highest BCUT2D eigenvalue weighted by atomic mass is 31.1. The van der Waals surface area contributed by atoms with E-state index < -0.39 is 20.3 Å². The lowest BCUT2D eigenvalue weighted by molar-refractivity contribution is -0.274. The van der Waals surface area contributed by atoms with Crippen molar-refractivity contribution in [2.75, 3.05) is 12.7 Å². The molecule has 130 valence electrons. The van der Waals surface area contributed by atoms with Crippen molar-refractivity contribution >= 4 is 13.9 Å². The zero-order valence-corrected chi connectivity index (χ0v) is 13.3. The number of hydrogen-bond acceptors (Lipinski definition) is 4. The van der Waals surface area contributed by atoms with Crippen LogP contribution in [0.1, 0.15) is 18.9 Å². The first-order valence-electron chi connectivity index (χ1n) is 6.65. The predicted octanol–water partition coefficient (Wildman–Crippen LogP) is 2.72. The lowest BCUT2D eigenvalue weighted by Crippen LogP contribution is -2.30. The van der Waals surface area contributed by atoms with Gasteiger partial charge in [0.1, 0.15) is 12.4 Å². The van der Waals surface area contributed by atoms with Crippen LogP contribution in [0.3, 0.4) is 0 Å². The van der Waals surface area contributed by atoms with Gasteiger partial charge in [-0.15, -0.1) is 13.2 Å². The van der Waals surface area contributed by atoms with E-state index in [2.05, 4.69) is 4.74 Å². The Labute approximate surface area is 131 Å². The number of benzene rings is 1. The summed E-state index contributed by atoms with van der Waals surface area (Å²) in [6.07, 6.45) is -4.44. The van der Waals surface area contributed by atoms with Crippen molar-refractivity contribution in [2.24, 2.45) is 0 Å². The summed E-state index contributed by atoms with van der Waals surface area (Å²) in [6.45, 7) is 1.24. The van der Waals surface area contributed by atoms with Gasteiger partial charge in [-0.05, 0) is 24.1 Å². The van der Waals surface area contributed by atoms with Crippen LogP contribution in [-0.2, 0) is 20.8 Å². The largest absolute Gasteiger partial charge is 0.573 e. The quantitative estimate of drug-likeness (QED) is 0.573. The predicted molar refractivity (Wildman–Crippen MR) is 76.0 cm³/mol. The van der Waals surface area contributed by atoms with Gasteiger partial charge in [0.15, 0.2) is 8.03 Å². The van der Waals surface area contributed by atoms with E-state index in [-0.39, 0.29) is 31.5 Å². The molecule has 1 aromatic rings. The fraction of sp³-hybridized carbons (Fsp3) is 0.462. The zero-order valence-electron chi connectivity index (χ0n) is 12.3. The van der Waals surface area contributed by atoms with E-state index in [1.807, 2.05) is 0 Å². The fourth-order valence-corrected chi connectivity index (χ4v) is 2.13. The highest BCUT2D eigenvalue weighted by Gasteiger charge is 2.31. The second kappa shape index (κ2) is 8.90. The molecule has 1 rings (SSSR count). The Morgan fingerprint density at radius 1 is 1.39 bits per heavy atom. The van der Waals surface area contributed by atoms with E-state index in [9.17, 15) is 22.5 Å². The maximum atomic E-state index is 12.1. The average Bonchev–Trinajstić information content (AvgIpc) is 2.40. The van der Waals surface area contributed by atoms with Crippen molar-refractivity contribution in [3.63, 3.8) is 0 Å². The Morgan fingerprint density at radius 3 is 2.65 bits per heavy atom. The number of hydroxylamine groups is 2. The molecule has 0 aliphatic heterocycles. The molecule has 0 aromatic heterocycles. The van der Waals surface area contributed by atoms with Crippen LogP contribution in [0, 0.1) is 0 Å². The van der Waals surface area contributed by atoms with E-state index >= 15 is 0 Å². The van der Waals surface area contributed by atoms with Gasteiger partial charge in [-0.3, -0.25) is 14.2 Å². The molecule has 0 spiro atoms. The molecule has 1 N–H and O–H groups in total. The molecule has 1 amide bonds. The Morgan fingerprint density at radius 2 is 2.09 bits per heavy atom. The molecule has 0 fully saturated rings. The van der Waals surface area contributed by atoms with Crippen molar-refractivity contribution in [1.29, 1.82) is 0 Å². The Balaban J connectivity index is 2.58. The van der Waals surface area contributed by atoms with Crippen LogP contribution in [0.2, 0.25) is 0 Å². The first kappa shape index (κ1) is 19.5. The van der Waals surface area contributed by atoms with Crippen molar-refractivity contribution in [3.8, 4) is 5.75 Å². The van der Waals surface area contributed by atoms with E-state index in [4.69, 9.17) is 9.73 Å². The number of alkyl halides is 3. The van der Waals surface area contributed by atoms with Gasteiger partial charge in [-0.25, -0.2) is 5.06 Å². The van der Waals surface area contributed by atoms with Crippen LogP contribution in [0.5, 0.6) is 5.75 Å². The van der Waals surface area contributed by atoms with Gasteiger partial charge in [0.25, 0.3) is 0 Å². The number of ether oxygens (including phenoxy) is 1. The van der Waals surface area contributed by atoms with Crippen LogP contribution >= 0.6 is 8.03 Å². The van der Waals surface area contributed by atoms with Gasteiger partial charge < -0.3 is 9.63 Å². The van der Waals surface area contributed by atoms with Crippen molar-refractivity contribution < 1.29 is 37.0 Å². The molecule has 0 radical (unpaired) electrons. The maximum absolute atomic E-state index is 12.1. The van der Waals surface area contributed by atoms with Crippen LogP contribution in [-0.4, -0.2) is 34.9 Å². The van der Waals surface area contributed by atoms with Crippen molar-refractivity contribution in [1.82, 2.24) is 5.06 Å². The third-order valence-electron chi connectivity index (χ3n) is 2.62. The molecule has 0 bridgehead atoms. The highest BCUT2D eigenvalue weighted by molar-refractivity contribution is 7.37. The van der Waals surface area contributed by atoms with E-state index in [1.54, 1.807) is 0 Å². The average molecular weight is 355 g/mol. The molecule has 1 atom stereocenters. The summed E-state index contributed by atoms with van der Waals surface area (Å²) < 4.78 is 50.9. The van der Waals surface area contributed by atoms with Gasteiger partial charge in [0.05, 0.1) is 0 Å². The standard InChI is InChI=1S/C13H17F3NO5P/c1-10(18)17(6-3-7-23(19)20)21-9-11-4-2-5-12(8-11)22-13(14,15)16/h2,4-5,8,23H,3,6-7,9H2,1H3,(H,19,20). The van der Waals surface area contributed by atoms with E-state index in [1.165, 1.54) is 19.1 Å². The minimum absolute atomic E-state index is 0.0622. The molecule has 0 saturated carbocycles. The number of amides is 1. The molecule has 0 heterocycles. The number of carbonyl (C=O) groups excluding carboxylic acids is 1. The summed E-state index contributed by atoms with van der Waals surface area (Å²) in [7, 11) is -2.61. The molecule has 23 heavy (non-hydrogen) atoms. The maximum Gasteiger partial charge on any atom is 0.573 e. The lowest BCUT2D eigenvalue weighted by atomic mass is 10.2. The molecule has 1 unspecified atom stereocenters. The normalized spacial score (nSPS) is 12.7.